The Morgan fingerprint density at radius 1 is 1.05 bits per heavy atom. The van der Waals surface area contributed by atoms with E-state index in [1.54, 1.807) is 18.3 Å². The van der Waals surface area contributed by atoms with Crippen LogP contribution < -0.4 is 5.84 Å². The summed E-state index contributed by atoms with van der Waals surface area (Å²) in [5.74, 6) is 5.24. The van der Waals surface area contributed by atoms with Crippen LogP contribution in [0, 0.1) is 5.82 Å². The highest BCUT2D eigenvalue weighted by molar-refractivity contribution is 6.03. The van der Waals surface area contributed by atoms with Gasteiger partial charge in [-0.05, 0) is 35.4 Å². The number of pyridine rings is 1. The van der Waals surface area contributed by atoms with Crippen LogP contribution in [0.1, 0.15) is 11.1 Å². The predicted octanol–water partition coefficient (Wildman–Crippen LogP) is 3.28. The third kappa shape index (κ3) is 2.74. The lowest BCUT2D eigenvalue weighted by Gasteiger charge is -2.08. The molecule has 0 bridgehead atoms. The van der Waals surface area contributed by atoms with E-state index >= 15 is 0 Å². The van der Waals surface area contributed by atoms with E-state index in [-0.39, 0.29) is 5.82 Å². The fraction of sp³-hybridized carbons (Fsp3) is 0.0588. The zero-order valence-electron chi connectivity index (χ0n) is 11.3. The van der Waals surface area contributed by atoms with Gasteiger partial charge in [-0.2, -0.15) is 5.10 Å². The topological polar surface area (TPSA) is 51.3 Å². The zero-order chi connectivity index (χ0) is 14.7. The van der Waals surface area contributed by atoms with Gasteiger partial charge in [0.05, 0.1) is 11.2 Å². The Kier molecular flexibility index (Phi) is 3.60. The number of halogens is 1. The van der Waals surface area contributed by atoms with Crippen LogP contribution in [0.3, 0.4) is 0 Å². The van der Waals surface area contributed by atoms with E-state index in [1.807, 2.05) is 30.3 Å². The van der Waals surface area contributed by atoms with Crippen molar-refractivity contribution in [1.82, 2.24) is 4.98 Å². The minimum absolute atomic E-state index is 0.274. The van der Waals surface area contributed by atoms with Crippen LogP contribution >= 0.6 is 0 Å². The van der Waals surface area contributed by atoms with Crippen LogP contribution in [0.5, 0.6) is 0 Å². The molecule has 0 aliphatic heterocycles. The van der Waals surface area contributed by atoms with Gasteiger partial charge >= 0.3 is 0 Å². The minimum atomic E-state index is -0.274. The molecular formula is C17H14FN3. The lowest BCUT2D eigenvalue weighted by atomic mass is 9.99. The molecule has 2 aromatic carbocycles. The van der Waals surface area contributed by atoms with Gasteiger partial charge in [-0.15, -0.1) is 0 Å². The Hall–Kier alpha value is -2.75. The highest BCUT2D eigenvalue weighted by atomic mass is 19.1. The average Bonchev–Trinajstić information content (AvgIpc) is 2.54. The summed E-state index contributed by atoms with van der Waals surface area (Å²) in [4.78, 5) is 4.34. The fourth-order valence-electron chi connectivity index (χ4n) is 2.35. The van der Waals surface area contributed by atoms with Crippen LogP contribution in [0.2, 0.25) is 0 Å². The number of hydrazone groups is 1. The summed E-state index contributed by atoms with van der Waals surface area (Å²) in [6.45, 7) is 0. The first kappa shape index (κ1) is 13.2. The number of fused-ring (bicyclic) bond motifs is 1. The molecule has 0 unspecified atom stereocenters. The SMILES string of the molecule is NN=C(Cc1ccnc2ccccc12)c1ccc(F)cc1. The third-order valence-electron chi connectivity index (χ3n) is 3.43. The first-order chi connectivity index (χ1) is 10.3. The maximum Gasteiger partial charge on any atom is 0.123 e. The van der Waals surface area contributed by atoms with Gasteiger partial charge in [0.1, 0.15) is 5.82 Å². The quantitative estimate of drug-likeness (QED) is 0.454. The molecule has 0 saturated carbocycles. The van der Waals surface area contributed by atoms with Gasteiger partial charge in [-0.1, -0.05) is 30.3 Å². The summed E-state index contributed by atoms with van der Waals surface area (Å²) >= 11 is 0. The van der Waals surface area contributed by atoms with E-state index in [9.17, 15) is 4.39 Å². The summed E-state index contributed by atoms with van der Waals surface area (Å²) in [7, 11) is 0. The summed E-state index contributed by atoms with van der Waals surface area (Å²) in [6.07, 6.45) is 2.35. The van der Waals surface area contributed by atoms with E-state index in [1.165, 1.54) is 12.1 Å². The number of nitrogens with two attached hydrogens (primary N) is 1. The van der Waals surface area contributed by atoms with Gasteiger partial charge < -0.3 is 5.84 Å². The number of nitrogens with zero attached hydrogens (tertiary/aromatic N) is 2. The predicted molar refractivity (Wildman–Crippen MR) is 82.6 cm³/mol. The molecule has 0 aliphatic carbocycles. The van der Waals surface area contributed by atoms with E-state index in [2.05, 4.69) is 10.1 Å². The van der Waals surface area contributed by atoms with Gasteiger partial charge in [0.2, 0.25) is 0 Å². The van der Waals surface area contributed by atoms with Crippen molar-refractivity contribution in [2.75, 3.05) is 0 Å². The number of aromatic nitrogens is 1. The summed E-state index contributed by atoms with van der Waals surface area (Å²) < 4.78 is 13.0. The average molecular weight is 279 g/mol. The first-order valence-electron chi connectivity index (χ1n) is 6.63. The number of hydrogen-bond acceptors (Lipinski definition) is 3. The highest BCUT2D eigenvalue weighted by Gasteiger charge is 2.08. The molecule has 1 aromatic heterocycles. The monoisotopic (exact) mass is 279 g/mol. The van der Waals surface area contributed by atoms with E-state index in [0.717, 1.165) is 22.0 Å². The number of hydrogen-bond donors (Lipinski definition) is 1. The van der Waals surface area contributed by atoms with Crippen LogP contribution in [0.4, 0.5) is 4.39 Å². The molecule has 4 heteroatoms. The zero-order valence-corrected chi connectivity index (χ0v) is 11.3. The summed E-state index contributed by atoms with van der Waals surface area (Å²) in [6, 6.07) is 16.1. The normalized spacial score (nSPS) is 11.8. The molecule has 3 rings (SSSR count). The van der Waals surface area contributed by atoms with Crippen molar-refractivity contribution < 1.29 is 4.39 Å². The van der Waals surface area contributed by atoms with Crippen molar-refractivity contribution in [2.24, 2.45) is 10.9 Å². The summed E-state index contributed by atoms with van der Waals surface area (Å²) in [5.41, 5.74) is 3.56. The Balaban J connectivity index is 1.98. The second-order valence-electron chi connectivity index (χ2n) is 4.75. The molecule has 104 valence electrons. The van der Waals surface area contributed by atoms with Crippen LogP contribution in [-0.2, 0) is 6.42 Å². The lowest BCUT2D eigenvalue weighted by molar-refractivity contribution is 0.628. The molecule has 0 spiro atoms. The molecule has 1 heterocycles. The third-order valence-corrected chi connectivity index (χ3v) is 3.43. The summed E-state index contributed by atoms with van der Waals surface area (Å²) in [5, 5.41) is 4.94. The first-order valence-corrected chi connectivity index (χ1v) is 6.63. The van der Waals surface area contributed by atoms with Crippen LogP contribution in [-0.4, -0.2) is 10.7 Å². The number of para-hydroxylation sites is 1. The number of benzene rings is 2. The Morgan fingerprint density at radius 2 is 1.81 bits per heavy atom. The maximum absolute atomic E-state index is 13.0. The molecule has 0 aliphatic rings. The molecule has 0 atom stereocenters. The van der Waals surface area contributed by atoms with Crippen molar-refractivity contribution in [3.63, 3.8) is 0 Å². The van der Waals surface area contributed by atoms with Crippen LogP contribution in [0.25, 0.3) is 10.9 Å². The molecular weight excluding hydrogens is 265 g/mol. The molecule has 0 radical (unpaired) electrons. The molecule has 3 aromatic rings. The second kappa shape index (κ2) is 5.71. The van der Waals surface area contributed by atoms with E-state index < -0.39 is 0 Å². The van der Waals surface area contributed by atoms with E-state index in [4.69, 9.17) is 5.84 Å². The van der Waals surface area contributed by atoms with Gasteiger partial charge in [-0.25, -0.2) is 4.39 Å². The van der Waals surface area contributed by atoms with Gasteiger partial charge in [0.15, 0.2) is 0 Å². The van der Waals surface area contributed by atoms with E-state index in [0.29, 0.717) is 12.1 Å². The van der Waals surface area contributed by atoms with Crippen molar-refractivity contribution in [1.29, 1.82) is 0 Å². The number of rotatable bonds is 3. The molecule has 0 fully saturated rings. The molecule has 21 heavy (non-hydrogen) atoms. The standard InChI is InChI=1S/C17H14FN3/c18-14-7-5-12(6-8-14)17(21-19)11-13-9-10-20-16-4-2-1-3-15(13)16/h1-10H,11,19H2. The maximum atomic E-state index is 13.0. The minimum Gasteiger partial charge on any atom is -0.323 e. The molecule has 0 saturated heterocycles. The Labute approximate surface area is 121 Å². The second-order valence-corrected chi connectivity index (χ2v) is 4.75. The van der Waals surface area contributed by atoms with Crippen molar-refractivity contribution in [3.8, 4) is 0 Å². The van der Waals surface area contributed by atoms with Gasteiger partial charge in [0, 0.05) is 18.0 Å². The molecule has 0 amide bonds. The van der Waals surface area contributed by atoms with Crippen molar-refractivity contribution in [2.45, 2.75) is 6.42 Å². The fourth-order valence-corrected chi connectivity index (χ4v) is 2.35. The molecule has 2 N–H and O–H groups in total. The van der Waals surface area contributed by atoms with Gasteiger partial charge in [-0.3, -0.25) is 4.98 Å². The van der Waals surface area contributed by atoms with Crippen molar-refractivity contribution in [3.05, 3.63) is 77.7 Å². The Bertz CT molecular complexity index is 789. The van der Waals surface area contributed by atoms with Gasteiger partial charge in [0.25, 0.3) is 0 Å². The molecule has 3 nitrogen and oxygen atoms in total. The highest BCUT2D eigenvalue weighted by Crippen LogP contribution is 2.18. The largest absolute Gasteiger partial charge is 0.323 e. The van der Waals surface area contributed by atoms with Crippen molar-refractivity contribution >= 4 is 16.6 Å². The Morgan fingerprint density at radius 3 is 2.57 bits per heavy atom. The smallest absolute Gasteiger partial charge is 0.123 e. The lowest BCUT2D eigenvalue weighted by Crippen LogP contribution is -2.09. The van der Waals surface area contributed by atoms with Crippen LogP contribution in [0.15, 0.2) is 65.9 Å².